The van der Waals surface area contributed by atoms with Gasteiger partial charge in [0.2, 0.25) is 0 Å². The summed E-state index contributed by atoms with van der Waals surface area (Å²) in [6.45, 7) is 7.49. The molecule has 0 saturated carbocycles. The predicted molar refractivity (Wildman–Crippen MR) is 72.2 cm³/mol. The van der Waals surface area contributed by atoms with E-state index in [2.05, 4.69) is 20.8 Å². The van der Waals surface area contributed by atoms with Gasteiger partial charge in [0.1, 0.15) is 0 Å². The Hall–Kier alpha value is -0.0400. The van der Waals surface area contributed by atoms with E-state index in [0.29, 0.717) is 0 Å². The Morgan fingerprint density at radius 2 is 0.933 bits per heavy atom. The molecule has 0 aliphatic heterocycles. The van der Waals surface area contributed by atoms with Gasteiger partial charge in [-0.3, -0.25) is 0 Å². The largest absolute Gasteiger partial charge is 0.330 e. The minimum absolute atomic E-state index is 0.870. The SMILES string of the molecule is CCCC.CCCCCCCCCCN. The molecule has 15 heavy (non-hydrogen) atoms. The third-order valence-electron chi connectivity index (χ3n) is 2.56. The van der Waals surface area contributed by atoms with Crippen LogP contribution < -0.4 is 5.73 Å². The van der Waals surface area contributed by atoms with Crippen molar-refractivity contribution in [3.8, 4) is 0 Å². The lowest BCUT2D eigenvalue weighted by molar-refractivity contribution is 0.578. The molecule has 2 N–H and O–H groups in total. The van der Waals surface area contributed by atoms with Crippen molar-refractivity contribution in [1.82, 2.24) is 0 Å². The molecule has 0 spiro atoms. The molecule has 0 atom stereocenters. The van der Waals surface area contributed by atoms with Crippen LogP contribution in [0.1, 0.15) is 85.0 Å². The lowest BCUT2D eigenvalue weighted by Gasteiger charge is -1.99. The van der Waals surface area contributed by atoms with Gasteiger partial charge >= 0.3 is 0 Å². The molecule has 0 aliphatic rings. The van der Waals surface area contributed by atoms with Crippen LogP contribution in [-0.4, -0.2) is 6.54 Å². The quantitative estimate of drug-likeness (QED) is 0.544. The van der Waals surface area contributed by atoms with E-state index in [4.69, 9.17) is 5.73 Å². The second-order valence-corrected chi connectivity index (χ2v) is 4.26. The van der Waals surface area contributed by atoms with E-state index >= 15 is 0 Å². The van der Waals surface area contributed by atoms with E-state index in [1.54, 1.807) is 0 Å². The highest BCUT2D eigenvalue weighted by molar-refractivity contribution is 4.45. The van der Waals surface area contributed by atoms with Gasteiger partial charge in [-0.25, -0.2) is 0 Å². The van der Waals surface area contributed by atoms with Gasteiger partial charge in [0.25, 0.3) is 0 Å². The minimum atomic E-state index is 0.870. The molecule has 0 amide bonds. The Labute approximate surface area is 97.8 Å². The summed E-state index contributed by atoms with van der Waals surface area (Å²) in [5.74, 6) is 0. The maximum Gasteiger partial charge on any atom is -0.00773 e. The summed E-state index contributed by atoms with van der Waals surface area (Å²) in [5.41, 5.74) is 5.39. The lowest BCUT2D eigenvalue weighted by Crippen LogP contribution is -1.97. The Balaban J connectivity index is 0. The number of nitrogens with two attached hydrogens (primary N) is 1. The second kappa shape index (κ2) is 19.5. The Morgan fingerprint density at radius 1 is 0.533 bits per heavy atom. The summed E-state index contributed by atoms with van der Waals surface area (Å²) in [5, 5.41) is 0. The number of hydrogen-bond donors (Lipinski definition) is 1. The molecule has 0 unspecified atom stereocenters. The van der Waals surface area contributed by atoms with Crippen molar-refractivity contribution in [3.63, 3.8) is 0 Å². The van der Waals surface area contributed by atoms with Crippen molar-refractivity contribution in [1.29, 1.82) is 0 Å². The summed E-state index contributed by atoms with van der Waals surface area (Å²) >= 11 is 0. The summed E-state index contributed by atoms with van der Waals surface area (Å²) in [7, 11) is 0. The van der Waals surface area contributed by atoms with Crippen molar-refractivity contribution >= 4 is 0 Å². The molecule has 0 rings (SSSR count). The molecular formula is C14H33N. The van der Waals surface area contributed by atoms with Crippen LogP contribution in [0.25, 0.3) is 0 Å². The van der Waals surface area contributed by atoms with E-state index in [1.165, 1.54) is 64.2 Å². The summed E-state index contributed by atoms with van der Waals surface area (Å²) in [6.07, 6.45) is 13.6. The summed E-state index contributed by atoms with van der Waals surface area (Å²) in [4.78, 5) is 0. The first-order chi connectivity index (χ1) is 7.33. The topological polar surface area (TPSA) is 26.0 Å². The van der Waals surface area contributed by atoms with Crippen LogP contribution in [0.2, 0.25) is 0 Å². The standard InChI is InChI=1S/C10H23N.C4H10/c1-2-3-4-5-6-7-8-9-10-11;1-3-4-2/h2-11H2,1H3;3-4H2,1-2H3. The molecule has 0 fully saturated rings. The van der Waals surface area contributed by atoms with Gasteiger partial charge in [0, 0.05) is 0 Å². The molecule has 0 saturated heterocycles. The van der Waals surface area contributed by atoms with Crippen LogP contribution in [0, 0.1) is 0 Å². The maximum absolute atomic E-state index is 5.39. The Bertz CT molecular complexity index is 71.4. The van der Waals surface area contributed by atoms with E-state index in [0.717, 1.165) is 6.54 Å². The molecule has 1 nitrogen and oxygen atoms in total. The van der Waals surface area contributed by atoms with Crippen LogP contribution in [-0.2, 0) is 0 Å². The first-order valence-corrected chi connectivity index (χ1v) is 7.03. The second-order valence-electron chi connectivity index (χ2n) is 4.26. The smallest absolute Gasteiger partial charge is 0.00773 e. The molecule has 0 aliphatic carbocycles. The van der Waals surface area contributed by atoms with Crippen molar-refractivity contribution in [2.45, 2.75) is 85.0 Å². The fourth-order valence-electron chi connectivity index (χ4n) is 1.28. The van der Waals surface area contributed by atoms with Crippen LogP contribution in [0.4, 0.5) is 0 Å². The molecular weight excluding hydrogens is 182 g/mol. The normalized spacial score (nSPS) is 9.60. The van der Waals surface area contributed by atoms with E-state index in [-0.39, 0.29) is 0 Å². The zero-order valence-electron chi connectivity index (χ0n) is 11.4. The molecule has 0 bridgehead atoms. The van der Waals surface area contributed by atoms with Gasteiger partial charge in [0.15, 0.2) is 0 Å². The van der Waals surface area contributed by atoms with E-state index in [9.17, 15) is 0 Å². The first kappa shape index (κ1) is 17.4. The van der Waals surface area contributed by atoms with Gasteiger partial charge in [-0.2, -0.15) is 0 Å². The molecule has 1 heteroatoms. The highest BCUT2D eigenvalue weighted by atomic mass is 14.5. The molecule has 0 heterocycles. The number of hydrogen-bond acceptors (Lipinski definition) is 1. The molecule has 0 radical (unpaired) electrons. The molecule has 0 aromatic heterocycles. The van der Waals surface area contributed by atoms with Gasteiger partial charge < -0.3 is 5.73 Å². The van der Waals surface area contributed by atoms with Crippen molar-refractivity contribution in [3.05, 3.63) is 0 Å². The van der Waals surface area contributed by atoms with Crippen LogP contribution in [0.3, 0.4) is 0 Å². The summed E-state index contributed by atoms with van der Waals surface area (Å²) in [6, 6.07) is 0. The third kappa shape index (κ3) is 24.9. The maximum atomic E-state index is 5.39. The highest BCUT2D eigenvalue weighted by Gasteiger charge is 1.89. The van der Waals surface area contributed by atoms with Crippen molar-refractivity contribution in [2.75, 3.05) is 6.54 Å². The average molecular weight is 215 g/mol. The fourth-order valence-corrected chi connectivity index (χ4v) is 1.28. The van der Waals surface area contributed by atoms with Crippen molar-refractivity contribution < 1.29 is 0 Å². The van der Waals surface area contributed by atoms with Gasteiger partial charge in [-0.15, -0.1) is 0 Å². The van der Waals surface area contributed by atoms with Gasteiger partial charge in [-0.1, -0.05) is 78.6 Å². The van der Waals surface area contributed by atoms with Gasteiger partial charge in [-0.05, 0) is 13.0 Å². The fraction of sp³-hybridized carbons (Fsp3) is 1.00. The van der Waals surface area contributed by atoms with Gasteiger partial charge in [0.05, 0.1) is 0 Å². The van der Waals surface area contributed by atoms with Crippen molar-refractivity contribution in [2.24, 2.45) is 5.73 Å². The first-order valence-electron chi connectivity index (χ1n) is 7.03. The van der Waals surface area contributed by atoms with E-state index in [1.807, 2.05) is 0 Å². The molecule has 0 aromatic rings. The zero-order valence-corrected chi connectivity index (χ0v) is 11.4. The summed E-state index contributed by atoms with van der Waals surface area (Å²) < 4.78 is 0. The van der Waals surface area contributed by atoms with Crippen LogP contribution in [0.5, 0.6) is 0 Å². The molecule has 94 valence electrons. The van der Waals surface area contributed by atoms with Crippen LogP contribution in [0.15, 0.2) is 0 Å². The monoisotopic (exact) mass is 215 g/mol. The predicted octanol–water partition coefficient (Wildman–Crippen LogP) is 4.89. The Morgan fingerprint density at radius 3 is 1.27 bits per heavy atom. The van der Waals surface area contributed by atoms with Crippen LogP contribution >= 0.6 is 0 Å². The third-order valence-corrected chi connectivity index (χ3v) is 2.56. The Kier molecular flexibility index (Phi) is 22.6. The number of unbranched alkanes of at least 4 members (excludes halogenated alkanes) is 8. The lowest BCUT2D eigenvalue weighted by atomic mass is 10.1. The highest BCUT2D eigenvalue weighted by Crippen LogP contribution is 2.07. The number of rotatable bonds is 9. The average Bonchev–Trinajstić information content (AvgIpc) is 2.28. The van der Waals surface area contributed by atoms with E-state index < -0.39 is 0 Å². The molecule has 0 aromatic carbocycles. The zero-order chi connectivity index (χ0) is 11.8. The minimum Gasteiger partial charge on any atom is -0.330 e.